The molecule has 0 aliphatic rings. The van der Waals surface area contributed by atoms with E-state index in [2.05, 4.69) is 21.3 Å². The second-order valence-corrected chi connectivity index (χ2v) is 5.31. The van der Waals surface area contributed by atoms with Crippen LogP contribution in [0.15, 0.2) is 15.9 Å². The SMILES string of the molecule is COCC(C)(N)Cc1sccc1Br. The van der Waals surface area contributed by atoms with Crippen molar-refractivity contribution in [1.82, 2.24) is 0 Å². The zero-order chi connectivity index (χ0) is 9.90. The van der Waals surface area contributed by atoms with E-state index in [1.807, 2.05) is 13.0 Å². The Hall–Kier alpha value is 0.100. The molecule has 0 radical (unpaired) electrons. The molecule has 13 heavy (non-hydrogen) atoms. The van der Waals surface area contributed by atoms with Crippen LogP contribution in [0.5, 0.6) is 0 Å². The normalized spacial score (nSPS) is 15.7. The van der Waals surface area contributed by atoms with Gasteiger partial charge in [-0.05, 0) is 34.3 Å². The fourth-order valence-electron chi connectivity index (χ4n) is 1.20. The zero-order valence-electron chi connectivity index (χ0n) is 7.84. The average Bonchev–Trinajstić information content (AvgIpc) is 2.35. The van der Waals surface area contributed by atoms with Crippen molar-refractivity contribution in [2.24, 2.45) is 5.73 Å². The fourth-order valence-corrected chi connectivity index (χ4v) is 2.89. The van der Waals surface area contributed by atoms with Gasteiger partial charge in [-0.15, -0.1) is 11.3 Å². The van der Waals surface area contributed by atoms with Gasteiger partial charge in [-0.25, -0.2) is 0 Å². The lowest BCUT2D eigenvalue weighted by Crippen LogP contribution is -2.42. The molecule has 1 atom stereocenters. The molecule has 2 nitrogen and oxygen atoms in total. The Morgan fingerprint density at radius 2 is 2.38 bits per heavy atom. The number of methoxy groups -OCH3 is 1. The van der Waals surface area contributed by atoms with Crippen LogP contribution in [0.2, 0.25) is 0 Å². The number of rotatable bonds is 4. The second kappa shape index (κ2) is 4.55. The third kappa shape index (κ3) is 3.38. The molecule has 0 spiro atoms. The van der Waals surface area contributed by atoms with Crippen molar-refractivity contribution in [3.63, 3.8) is 0 Å². The molecule has 0 amide bonds. The van der Waals surface area contributed by atoms with Gasteiger partial charge in [0, 0.05) is 28.4 Å². The molecule has 4 heteroatoms. The number of hydrogen-bond acceptors (Lipinski definition) is 3. The number of hydrogen-bond donors (Lipinski definition) is 1. The summed E-state index contributed by atoms with van der Waals surface area (Å²) in [5, 5.41) is 2.06. The van der Waals surface area contributed by atoms with Crippen LogP contribution >= 0.6 is 27.3 Å². The first-order valence-corrected chi connectivity index (χ1v) is 5.72. The Morgan fingerprint density at radius 1 is 1.69 bits per heavy atom. The predicted molar refractivity (Wildman–Crippen MR) is 60.2 cm³/mol. The first-order chi connectivity index (χ1) is 6.05. The zero-order valence-corrected chi connectivity index (χ0v) is 10.2. The van der Waals surface area contributed by atoms with Gasteiger partial charge in [-0.2, -0.15) is 0 Å². The molecule has 1 aromatic heterocycles. The monoisotopic (exact) mass is 263 g/mol. The summed E-state index contributed by atoms with van der Waals surface area (Å²) in [6, 6.07) is 2.04. The predicted octanol–water partition coefficient (Wildman–Crippen LogP) is 2.42. The van der Waals surface area contributed by atoms with Gasteiger partial charge in [0.2, 0.25) is 0 Å². The largest absolute Gasteiger partial charge is 0.383 e. The highest BCUT2D eigenvalue weighted by atomic mass is 79.9. The van der Waals surface area contributed by atoms with Crippen LogP contribution in [-0.2, 0) is 11.2 Å². The third-order valence-electron chi connectivity index (χ3n) is 1.73. The molecule has 0 bridgehead atoms. The van der Waals surface area contributed by atoms with Crippen LogP contribution in [0.25, 0.3) is 0 Å². The van der Waals surface area contributed by atoms with Gasteiger partial charge in [-0.3, -0.25) is 0 Å². The van der Waals surface area contributed by atoms with Crippen LogP contribution in [-0.4, -0.2) is 19.3 Å². The second-order valence-electron chi connectivity index (χ2n) is 3.46. The van der Waals surface area contributed by atoms with Gasteiger partial charge >= 0.3 is 0 Å². The Bertz CT molecular complexity index is 272. The van der Waals surface area contributed by atoms with E-state index >= 15 is 0 Å². The fraction of sp³-hybridized carbons (Fsp3) is 0.556. The molecular formula is C9H14BrNOS. The molecule has 74 valence electrons. The van der Waals surface area contributed by atoms with Gasteiger partial charge in [0.05, 0.1) is 6.61 Å². The van der Waals surface area contributed by atoms with Crippen molar-refractivity contribution in [2.45, 2.75) is 18.9 Å². The lowest BCUT2D eigenvalue weighted by molar-refractivity contribution is 0.141. The topological polar surface area (TPSA) is 35.2 Å². The molecule has 0 saturated carbocycles. The Morgan fingerprint density at radius 3 is 2.85 bits per heavy atom. The van der Waals surface area contributed by atoms with Gasteiger partial charge < -0.3 is 10.5 Å². The maximum atomic E-state index is 6.05. The first-order valence-electron chi connectivity index (χ1n) is 4.05. The highest BCUT2D eigenvalue weighted by molar-refractivity contribution is 9.10. The highest BCUT2D eigenvalue weighted by Crippen LogP contribution is 2.26. The van der Waals surface area contributed by atoms with Crippen LogP contribution in [0.4, 0.5) is 0 Å². The summed E-state index contributed by atoms with van der Waals surface area (Å²) in [5.74, 6) is 0. The summed E-state index contributed by atoms with van der Waals surface area (Å²) < 4.78 is 6.20. The number of halogens is 1. The molecule has 2 N–H and O–H groups in total. The Labute approximate surface area is 91.2 Å². The minimum absolute atomic E-state index is 0.276. The molecule has 1 aromatic rings. The molecule has 1 rings (SSSR count). The molecular weight excluding hydrogens is 250 g/mol. The standard InChI is InChI=1S/C9H14BrNOS/c1-9(11,6-12-2)5-8-7(10)3-4-13-8/h3-4H,5-6,11H2,1-2H3. The molecule has 0 fully saturated rings. The number of nitrogens with two attached hydrogens (primary N) is 1. The summed E-state index contributed by atoms with van der Waals surface area (Å²) in [4.78, 5) is 1.28. The summed E-state index contributed by atoms with van der Waals surface area (Å²) in [7, 11) is 1.68. The molecule has 0 aliphatic carbocycles. The summed E-state index contributed by atoms with van der Waals surface area (Å²) >= 11 is 5.20. The summed E-state index contributed by atoms with van der Waals surface area (Å²) in [5.41, 5.74) is 5.77. The van der Waals surface area contributed by atoms with E-state index in [-0.39, 0.29) is 5.54 Å². The number of thiophene rings is 1. The Kier molecular flexibility index (Phi) is 3.91. The lowest BCUT2D eigenvalue weighted by Gasteiger charge is -2.22. The molecule has 0 saturated heterocycles. The Balaban J connectivity index is 2.63. The summed E-state index contributed by atoms with van der Waals surface area (Å²) in [6.45, 7) is 2.58. The van der Waals surface area contributed by atoms with Crippen LogP contribution in [0.3, 0.4) is 0 Å². The maximum absolute atomic E-state index is 6.05. The average molecular weight is 264 g/mol. The lowest BCUT2D eigenvalue weighted by atomic mass is 10.00. The van der Waals surface area contributed by atoms with E-state index in [0.717, 1.165) is 10.9 Å². The van der Waals surface area contributed by atoms with Gasteiger partial charge in [0.1, 0.15) is 0 Å². The van der Waals surface area contributed by atoms with Gasteiger partial charge in [0.15, 0.2) is 0 Å². The van der Waals surface area contributed by atoms with Crippen LogP contribution in [0.1, 0.15) is 11.8 Å². The van der Waals surface area contributed by atoms with E-state index in [1.165, 1.54) is 4.88 Å². The van der Waals surface area contributed by atoms with Crippen molar-refractivity contribution in [3.8, 4) is 0 Å². The van der Waals surface area contributed by atoms with E-state index in [9.17, 15) is 0 Å². The number of ether oxygens (including phenoxy) is 1. The minimum Gasteiger partial charge on any atom is -0.383 e. The summed E-state index contributed by atoms with van der Waals surface area (Å²) in [6.07, 6.45) is 0.846. The van der Waals surface area contributed by atoms with Crippen LogP contribution < -0.4 is 5.73 Å². The van der Waals surface area contributed by atoms with E-state index in [1.54, 1.807) is 18.4 Å². The molecule has 1 unspecified atom stereocenters. The van der Waals surface area contributed by atoms with Crippen LogP contribution in [0, 0.1) is 0 Å². The quantitative estimate of drug-likeness (QED) is 0.906. The molecule has 0 aliphatic heterocycles. The van der Waals surface area contributed by atoms with Crippen molar-refractivity contribution in [1.29, 1.82) is 0 Å². The van der Waals surface area contributed by atoms with Crippen molar-refractivity contribution >= 4 is 27.3 Å². The van der Waals surface area contributed by atoms with Crippen molar-refractivity contribution in [2.75, 3.05) is 13.7 Å². The van der Waals surface area contributed by atoms with Crippen molar-refractivity contribution < 1.29 is 4.74 Å². The smallest absolute Gasteiger partial charge is 0.0643 e. The van der Waals surface area contributed by atoms with E-state index in [4.69, 9.17) is 10.5 Å². The van der Waals surface area contributed by atoms with Crippen molar-refractivity contribution in [3.05, 3.63) is 20.8 Å². The third-order valence-corrected chi connectivity index (χ3v) is 3.66. The molecule has 0 aromatic carbocycles. The first kappa shape index (κ1) is 11.2. The minimum atomic E-state index is -0.276. The van der Waals surface area contributed by atoms with Gasteiger partial charge in [0.25, 0.3) is 0 Å². The van der Waals surface area contributed by atoms with Gasteiger partial charge in [-0.1, -0.05) is 0 Å². The van der Waals surface area contributed by atoms with E-state index in [0.29, 0.717) is 6.61 Å². The highest BCUT2D eigenvalue weighted by Gasteiger charge is 2.20. The molecule has 1 heterocycles. The van der Waals surface area contributed by atoms with E-state index < -0.39 is 0 Å². The maximum Gasteiger partial charge on any atom is 0.0643 e.